The number of nitrogens with zero attached hydrogens (tertiary/aromatic N) is 3. The van der Waals surface area contributed by atoms with E-state index in [1.165, 1.54) is 11.8 Å². The minimum Gasteiger partial charge on any atom is -0.342 e. The van der Waals surface area contributed by atoms with E-state index in [4.69, 9.17) is 23.2 Å². The number of aryl methyl sites for hydroxylation is 1. The number of halogens is 2. The topological polar surface area (TPSA) is 59.8 Å². The van der Waals surface area contributed by atoms with Crippen molar-refractivity contribution < 1.29 is 4.79 Å². The summed E-state index contributed by atoms with van der Waals surface area (Å²) < 4.78 is 1.99. The van der Waals surface area contributed by atoms with Crippen LogP contribution in [0.5, 0.6) is 0 Å². The molecule has 3 aromatic rings. The Balaban J connectivity index is 1.83. The van der Waals surface area contributed by atoms with Gasteiger partial charge in [0.05, 0.1) is 6.04 Å². The molecule has 0 saturated heterocycles. The molecule has 0 unspecified atom stereocenters. The number of rotatable bonds is 9. The van der Waals surface area contributed by atoms with Gasteiger partial charge in [-0.3, -0.25) is 4.79 Å². The quantitative estimate of drug-likeness (QED) is 0.275. The highest BCUT2D eigenvalue weighted by Gasteiger charge is 2.26. The van der Waals surface area contributed by atoms with Gasteiger partial charge in [0, 0.05) is 27.9 Å². The molecular formula is C24H26Cl2N4OS. The molecule has 0 saturated carbocycles. The average Bonchev–Trinajstić information content (AvgIpc) is 3.14. The van der Waals surface area contributed by atoms with E-state index in [0.29, 0.717) is 33.7 Å². The van der Waals surface area contributed by atoms with Crippen molar-refractivity contribution in [3.63, 3.8) is 0 Å². The van der Waals surface area contributed by atoms with Crippen molar-refractivity contribution in [1.29, 1.82) is 0 Å². The van der Waals surface area contributed by atoms with Crippen molar-refractivity contribution in [2.75, 3.05) is 0 Å². The maximum atomic E-state index is 12.9. The molecule has 168 valence electrons. The van der Waals surface area contributed by atoms with E-state index < -0.39 is 0 Å². The van der Waals surface area contributed by atoms with E-state index in [9.17, 15) is 4.79 Å². The van der Waals surface area contributed by atoms with Crippen LogP contribution in [0.1, 0.15) is 47.2 Å². The van der Waals surface area contributed by atoms with Crippen LogP contribution in [0.4, 0.5) is 0 Å². The van der Waals surface area contributed by atoms with E-state index >= 15 is 0 Å². The van der Waals surface area contributed by atoms with E-state index in [0.717, 1.165) is 16.3 Å². The molecule has 0 aliphatic carbocycles. The third kappa shape index (κ3) is 5.94. The van der Waals surface area contributed by atoms with Crippen LogP contribution >= 0.6 is 35.0 Å². The molecule has 0 radical (unpaired) electrons. The smallest absolute Gasteiger partial charge is 0.251 e. The minimum atomic E-state index is -0.301. The lowest BCUT2D eigenvalue weighted by Crippen LogP contribution is -2.33. The third-order valence-corrected chi connectivity index (χ3v) is 6.58. The van der Waals surface area contributed by atoms with Gasteiger partial charge in [-0.2, -0.15) is 0 Å². The van der Waals surface area contributed by atoms with Gasteiger partial charge in [0.25, 0.3) is 5.91 Å². The van der Waals surface area contributed by atoms with Gasteiger partial charge in [0.1, 0.15) is 0 Å². The van der Waals surface area contributed by atoms with Crippen LogP contribution in [0.15, 0.2) is 60.3 Å². The molecule has 1 amide bonds. The van der Waals surface area contributed by atoms with Gasteiger partial charge in [-0.25, -0.2) is 0 Å². The van der Waals surface area contributed by atoms with Crippen molar-refractivity contribution in [1.82, 2.24) is 20.1 Å². The Morgan fingerprint density at radius 2 is 1.91 bits per heavy atom. The maximum absolute atomic E-state index is 12.9. The second-order valence-corrected chi connectivity index (χ2v) is 9.61. The molecule has 1 aromatic heterocycles. The maximum Gasteiger partial charge on any atom is 0.251 e. The van der Waals surface area contributed by atoms with E-state index in [-0.39, 0.29) is 17.9 Å². The highest BCUT2D eigenvalue weighted by Crippen LogP contribution is 2.30. The molecule has 0 bridgehead atoms. The number of allylic oxidation sites excluding steroid dienone is 1. The number of carbonyl (C=O) groups is 1. The number of amides is 1. The molecule has 2 aromatic carbocycles. The highest BCUT2D eigenvalue weighted by atomic mass is 35.5. The minimum absolute atomic E-state index is 0.112. The summed E-state index contributed by atoms with van der Waals surface area (Å²) >= 11 is 13.8. The fourth-order valence-corrected chi connectivity index (χ4v) is 4.69. The second-order valence-electron chi connectivity index (χ2n) is 7.83. The first-order valence-corrected chi connectivity index (χ1v) is 12.0. The molecule has 0 fully saturated rings. The van der Waals surface area contributed by atoms with Crippen LogP contribution in [0.3, 0.4) is 0 Å². The van der Waals surface area contributed by atoms with Crippen LogP contribution in [0.2, 0.25) is 10.0 Å². The predicted molar refractivity (Wildman–Crippen MR) is 132 cm³/mol. The fraction of sp³-hybridized carbons (Fsp3) is 0.292. The van der Waals surface area contributed by atoms with Crippen molar-refractivity contribution in [3.05, 3.63) is 87.7 Å². The summed E-state index contributed by atoms with van der Waals surface area (Å²) in [4.78, 5) is 12.9. The lowest BCUT2D eigenvalue weighted by molar-refractivity contribution is 0.0922. The number of thioether (sulfide) groups is 1. The van der Waals surface area contributed by atoms with Crippen LogP contribution in [-0.4, -0.2) is 20.7 Å². The Morgan fingerprint density at radius 1 is 1.19 bits per heavy atom. The molecule has 0 aliphatic rings. The van der Waals surface area contributed by atoms with E-state index in [1.54, 1.807) is 12.1 Å². The second kappa shape index (κ2) is 11.0. The Morgan fingerprint density at radius 3 is 2.53 bits per heavy atom. The first-order valence-electron chi connectivity index (χ1n) is 10.3. The van der Waals surface area contributed by atoms with Crippen LogP contribution in [-0.2, 0) is 12.3 Å². The monoisotopic (exact) mass is 488 g/mol. The van der Waals surface area contributed by atoms with Crippen molar-refractivity contribution in [2.24, 2.45) is 5.92 Å². The molecule has 3 rings (SSSR count). The van der Waals surface area contributed by atoms with Gasteiger partial charge >= 0.3 is 0 Å². The molecule has 8 heteroatoms. The standard InChI is InChI=1S/C24H26Cl2N4OS/c1-5-12-30-22(21(15(2)3)27-23(31)17-8-6-16(4)7-9-17)28-29-24(30)32-14-18-10-11-19(25)13-20(18)26/h5-11,13,15,21H,1,12,14H2,2-4H3,(H,27,31)/t21-/m1/s1. The van der Waals surface area contributed by atoms with Crippen molar-refractivity contribution in [3.8, 4) is 0 Å². The Labute approximate surface area is 203 Å². The molecule has 1 N–H and O–H groups in total. The normalized spacial score (nSPS) is 12.1. The largest absolute Gasteiger partial charge is 0.342 e. The Bertz CT molecular complexity index is 1100. The van der Waals surface area contributed by atoms with E-state index in [2.05, 4.69) is 22.1 Å². The SMILES string of the molecule is C=CCn1c(SCc2ccc(Cl)cc2Cl)nnc1[C@H](NC(=O)c1ccc(C)cc1)C(C)C. The number of hydrogen-bond acceptors (Lipinski definition) is 4. The number of aromatic nitrogens is 3. The first-order chi connectivity index (χ1) is 15.3. The zero-order valence-corrected chi connectivity index (χ0v) is 20.6. The first kappa shape index (κ1) is 24.4. The number of hydrogen-bond donors (Lipinski definition) is 1. The summed E-state index contributed by atoms with van der Waals surface area (Å²) in [5, 5.41) is 13.9. The molecule has 1 atom stereocenters. The Hall–Kier alpha value is -2.28. The number of benzene rings is 2. The zero-order valence-electron chi connectivity index (χ0n) is 18.3. The summed E-state index contributed by atoms with van der Waals surface area (Å²) in [6, 6.07) is 12.7. The number of nitrogens with one attached hydrogen (secondary N) is 1. The summed E-state index contributed by atoms with van der Waals surface area (Å²) in [6.45, 7) is 10.5. The highest BCUT2D eigenvalue weighted by molar-refractivity contribution is 7.98. The van der Waals surface area contributed by atoms with Gasteiger partial charge in [0.2, 0.25) is 0 Å². The molecule has 32 heavy (non-hydrogen) atoms. The van der Waals surface area contributed by atoms with E-state index in [1.807, 2.05) is 61.7 Å². The summed E-state index contributed by atoms with van der Waals surface area (Å²) in [7, 11) is 0. The van der Waals surface area contributed by atoms with Gasteiger partial charge < -0.3 is 9.88 Å². The summed E-state index contributed by atoms with van der Waals surface area (Å²) in [6.07, 6.45) is 1.80. The predicted octanol–water partition coefficient (Wildman–Crippen LogP) is 6.50. The lowest BCUT2D eigenvalue weighted by atomic mass is 10.0. The summed E-state index contributed by atoms with van der Waals surface area (Å²) in [5.41, 5.74) is 2.68. The molecule has 5 nitrogen and oxygen atoms in total. The number of carbonyl (C=O) groups excluding carboxylic acids is 1. The fourth-order valence-electron chi connectivity index (χ4n) is 3.18. The van der Waals surface area contributed by atoms with Gasteiger partial charge in [-0.15, -0.1) is 16.8 Å². The van der Waals surface area contributed by atoms with Crippen LogP contribution in [0, 0.1) is 12.8 Å². The molecule has 0 aliphatic heterocycles. The molecule has 0 spiro atoms. The summed E-state index contributed by atoms with van der Waals surface area (Å²) in [5.74, 6) is 1.29. The molecular weight excluding hydrogens is 463 g/mol. The Kier molecular flexibility index (Phi) is 8.40. The van der Waals surface area contributed by atoms with Gasteiger partial charge in [0.15, 0.2) is 11.0 Å². The van der Waals surface area contributed by atoms with Gasteiger partial charge in [-0.05, 0) is 42.7 Å². The lowest BCUT2D eigenvalue weighted by Gasteiger charge is -2.22. The van der Waals surface area contributed by atoms with Crippen molar-refractivity contribution >= 4 is 40.9 Å². The van der Waals surface area contributed by atoms with Crippen LogP contribution in [0.25, 0.3) is 0 Å². The third-order valence-electron chi connectivity index (χ3n) is 4.97. The zero-order chi connectivity index (χ0) is 23.3. The van der Waals surface area contributed by atoms with Gasteiger partial charge in [-0.1, -0.05) is 78.6 Å². The average molecular weight is 489 g/mol. The molecule has 1 heterocycles. The van der Waals surface area contributed by atoms with Crippen LogP contribution < -0.4 is 5.32 Å². The van der Waals surface area contributed by atoms with Crippen molar-refractivity contribution in [2.45, 2.75) is 44.3 Å².